The molecule has 0 radical (unpaired) electrons. The lowest BCUT2D eigenvalue weighted by molar-refractivity contribution is 0.0940. The largest absolute Gasteiger partial charge is 0.352 e. The number of rotatable bonds is 5. The summed E-state index contributed by atoms with van der Waals surface area (Å²) in [7, 11) is 3.38. The van der Waals surface area contributed by atoms with E-state index in [2.05, 4.69) is 10.3 Å². The molecule has 1 heterocycles. The van der Waals surface area contributed by atoms with Crippen molar-refractivity contribution in [2.75, 3.05) is 20.6 Å². The fourth-order valence-electron chi connectivity index (χ4n) is 2.26. The number of nitrogens with zero attached hydrogens (tertiary/aromatic N) is 1. The van der Waals surface area contributed by atoms with Crippen molar-refractivity contribution in [2.45, 2.75) is 6.04 Å². The van der Waals surface area contributed by atoms with Gasteiger partial charge in [-0.05, 0) is 38.4 Å². The Morgan fingerprint density at radius 2 is 1.91 bits per heavy atom. The lowest BCUT2D eigenvalue weighted by atomic mass is 10.0. The van der Waals surface area contributed by atoms with Gasteiger partial charge < -0.3 is 15.2 Å². The zero-order chi connectivity index (χ0) is 17.0. The molecule has 4 nitrogen and oxygen atoms in total. The number of aromatic nitrogens is 1. The molecule has 2 N–H and O–H groups in total. The summed E-state index contributed by atoms with van der Waals surface area (Å²) in [6, 6.07) is 6.31. The maximum absolute atomic E-state index is 14.0. The maximum Gasteiger partial charge on any atom is 0.254 e. The lowest BCUT2D eigenvalue weighted by Gasteiger charge is -2.25. The Balaban J connectivity index is 2.20. The van der Waals surface area contributed by atoms with Crippen molar-refractivity contribution in [3.8, 4) is 0 Å². The molecule has 1 unspecified atom stereocenters. The number of H-pyrrole nitrogens is 1. The summed E-state index contributed by atoms with van der Waals surface area (Å²) < 4.78 is 28.3. The van der Waals surface area contributed by atoms with Crippen molar-refractivity contribution >= 4 is 18.1 Å². The SMILES string of the molecule is CN(C)C(CNC(=O)c1ccc[nH]c1=S)c1c(F)cccc1F. The molecule has 122 valence electrons. The highest BCUT2D eigenvalue weighted by molar-refractivity contribution is 7.71. The van der Waals surface area contributed by atoms with Crippen LogP contribution in [0.15, 0.2) is 36.5 Å². The van der Waals surface area contributed by atoms with E-state index in [1.807, 2.05) is 0 Å². The molecule has 1 aromatic carbocycles. The van der Waals surface area contributed by atoms with Gasteiger partial charge in [-0.3, -0.25) is 4.79 Å². The number of carbonyl (C=O) groups excluding carboxylic acids is 1. The number of likely N-dealkylation sites (N-methyl/N-ethyl adjacent to an activating group) is 1. The summed E-state index contributed by atoms with van der Waals surface area (Å²) in [6.45, 7) is 0.0490. The van der Waals surface area contributed by atoms with Gasteiger partial charge in [0.1, 0.15) is 16.3 Å². The van der Waals surface area contributed by atoms with Gasteiger partial charge >= 0.3 is 0 Å². The molecule has 0 fully saturated rings. The van der Waals surface area contributed by atoms with Crippen LogP contribution in [-0.4, -0.2) is 36.4 Å². The smallest absolute Gasteiger partial charge is 0.254 e. The summed E-state index contributed by atoms with van der Waals surface area (Å²) in [5.74, 6) is -1.68. The van der Waals surface area contributed by atoms with Crippen LogP contribution in [0.3, 0.4) is 0 Å². The molecular formula is C16H17F2N3OS. The van der Waals surface area contributed by atoms with Gasteiger partial charge in [0.05, 0.1) is 11.6 Å². The average Bonchev–Trinajstić information content (AvgIpc) is 2.50. The molecule has 23 heavy (non-hydrogen) atoms. The minimum Gasteiger partial charge on any atom is -0.352 e. The van der Waals surface area contributed by atoms with Gasteiger partial charge in [-0.25, -0.2) is 8.78 Å². The molecule has 0 bridgehead atoms. The minimum atomic E-state index is -0.644. The molecule has 0 saturated carbocycles. The normalized spacial score (nSPS) is 12.2. The summed E-state index contributed by atoms with van der Waals surface area (Å²) in [5.41, 5.74) is 0.241. The minimum absolute atomic E-state index is 0.0490. The van der Waals surface area contributed by atoms with Crippen LogP contribution in [0.2, 0.25) is 0 Å². The van der Waals surface area contributed by atoms with E-state index in [9.17, 15) is 13.6 Å². The van der Waals surface area contributed by atoms with Crippen LogP contribution in [0.25, 0.3) is 0 Å². The van der Waals surface area contributed by atoms with E-state index in [1.165, 1.54) is 18.2 Å². The molecule has 0 saturated heterocycles. The van der Waals surface area contributed by atoms with Crippen molar-refractivity contribution in [1.82, 2.24) is 15.2 Å². The average molecular weight is 337 g/mol. The van der Waals surface area contributed by atoms with Gasteiger partial charge in [0.25, 0.3) is 5.91 Å². The summed E-state index contributed by atoms with van der Waals surface area (Å²) in [5, 5.41) is 2.67. The lowest BCUT2D eigenvalue weighted by Crippen LogP contribution is -2.35. The number of amides is 1. The van der Waals surface area contributed by atoms with Crippen LogP contribution in [-0.2, 0) is 0 Å². The highest BCUT2D eigenvalue weighted by Crippen LogP contribution is 2.24. The fraction of sp³-hybridized carbons (Fsp3) is 0.250. The Morgan fingerprint density at radius 1 is 1.26 bits per heavy atom. The van der Waals surface area contributed by atoms with Crippen molar-refractivity contribution in [1.29, 1.82) is 0 Å². The first-order chi connectivity index (χ1) is 10.9. The number of halogens is 2. The molecule has 0 aliphatic heterocycles. The molecule has 0 aliphatic rings. The van der Waals surface area contributed by atoms with Crippen LogP contribution < -0.4 is 5.32 Å². The van der Waals surface area contributed by atoms with Gasteiger partial charge in [0, 0.05) is 18.3 Å². The number of benzene rings is 1. The molecule has 1 aromatic heterocycles. The van der Waals surface area contributed by atoms with Crippen LogP contribution in [0.1, 0.15) is 22.0 Å². The molecular weight excluding hydrogens is 320 g/mol. The number of hydrogen-bond acceptors (Lipinski definition) is 3. The zero-order valence-electron chi connectivity index (χ0n) is 12.8. The van der Waals surface area contributed by atoms with Crippen molar-refractivity contribution in [3.63, 3.8) is 0 Å². The molecule has 1 atom stereocenters. The summed E-state index contributed by atoms with van der Waals surface area (Å²) >= 11 is 5.05. The van der Waals surface area contributed by atoms with E-state index in [0.29, 0.717) is 10.2 Å². The van der Waals surface area contributed by atoms with Crippen LogP contribution in [0.5, 0.6) is 0 Å². The van der Waals surface area contributed by atoms with E-state index >= 15 is 0 Å². The van der Waals surface area contributed by atoms with Gasteiger partial charge in [0.2, 0.25) is 0 Å². The van der Waals surface area contributed by atoms with Gasteiger partial charge in [-0.1, -0.05) is 18.3 Å². The molecule has 0 spiro atoms. The first-order valence-electron chi connectivity index (χ1n) is 6.98. The third kappa shape index (κ3) is 4.00. The van der Waals surface area contributed by atoms with E-state index in [1.54, 1.807) is 37.3 Å². The third-order valence-electron chi connectivity index (χ3n) is 3.48. The molecule has 2 aromatic rings. The van der Waals surface area contributed by atoms with E-state index < -0.39 is 23.6 Å². The number of carbonyl (C=O) groups is 1. The number of pyridine rings is 1. The van der Waals surface area contributed by atoms with Crippen molar-refractivity contribution in [2.24, 2.45) is 0 Å². The van der Waals surface area contributed by atoms with Crippen molar-refractivity contribution < 1.29 is 13.6 Å². The van der Waals surface area contributed by atoms with Crippen molar-refractivity contribution in [3.05, 3.63) is 63.9 Å². The fourth-order valence-corrected chi connectivity index (χ4v) is 2.49. The predicted octanol–water partition coefficient (Wildman–Crippen LogP) is 3.06. The number of nitrogens with one attached hydrogen (secondary N) is 2. The summed E-state index contributed by atoms with van der Waals surface area (Å²) in [4.78, 5) is 16.6. The predicted molar refractivity (Wildman–Crippen MR) is 86.7 cm³/mol. The molecule has 2 rings (SSSR count). The number of hydrogen-bond donors (Lipinski definition) is 2. The van der Waals surface area contributed by atoms with E-state index in [4.69, 9.17) is 12.2 Å². The zero-order valence-corrected chi connectivity index (χ0v) is 13.6. The number of aromatic amines is 1. The molecule has 7 heteroatoms. The highest BCUT2D eigenvalue weighted by atomic mass is 32.1. The van der Waals surface area contributed by atoms with Crippen LogP contribution in [0, 0.1) is 16.3 Å². The maximum atomic E-state index is 14.0. The van der Waals surface area contributed by atoms with E-state index in [0.717, 1.165) is 0 Å². The Bertz CT molecular complexity index is 741. The van der Waals surface area contributed by atoms with Crippen LogP contribution >= 0.6 is 12.2 Å². The third-order valence-corrected chi connectivity index (χ3v) is 3.81. The van der Waals surface area contributed by atoms with Gasteiger partial charge in [0.15, 0.2) is 0 Å². The second-order valence-electron chi connectivity index (χ2n) is 5.24. The Morgan fingerprint density at radius 3 is 2.48 bits per heavy atom. The Kier molecular flexibility index (Phi) is 5.57. The van der Waals surface area contributed by atoms with E-state index in [-0.39, 0.29) is 12.1 Å². The Labute approximate surface area is 138 Å². The Hall–Kier alpha value is -2.12. The van der Waals surface area contributed by atoms with Crippen LogP contribution in [0.4, 0.5) is 8.78 Å². The standard InChI is InChI=1S/C16H17F2N3OS/c1-21(2)13(14-11(17)6-3-7-12(14)18)9-20-15(22)10-5-4-8-19-16(10)23/h3-8,13H,9H2,1-2H3,(H,19,23)(H,20,22). The monoisotopic (exact) mass is 337 g/mol. The van der Waals surface area contributed by atoms with Gasteiger partial charge in [-0.15, -0.1) is 0 Å². The topological polar surface area (TPSA) is 48.1 Å². The second kappa shape index (κ2) is 7.43. The first-order valence-corrected chi connectivity index (χ1v) is 7.39. The molecule has 0 aliphatic carbocycles. The quantitative estimate of drug-likeness (QED) is 0.825. The first kappa shape index (κ1) is 17.2. The molecule has 1 amide bonds. The van der Waals surface area contributed by atoms with Gasteiger partial charge in [-0.2, -0.15) is 0 Å². The summed E-state index contributed by atoms with van der Waals surface area (Å²) in [6.07, 6.45) is 1.62. The second-order valence-corrected chi connectivity index (χ2v) is 5.65. The highest BCUT2D eigenvalue weighted by Gasteiger charge is 2.23.